The van der Waals surface area contributed by atoms with Gasteiger partial charge in [-0.2, -0.15) is 0 Å². The van der Waals surface area contributed by atoms with Gasteiger partial charge in [-0.15, -0.1) is 0 Å². The molecule has 1 aromatic heterocycles. The number of carbonyl (C=O) groups excluding carboxylic acids is 2. The SMILES string of the molecule is CCOC(=O)c1cccc(NC(=O)COc2ccc(Cl)c3cccnc23)c1. The Bertz CT molecular complexity index is 991. The standard InChI is InChI=1S/C20H17ClN2O4/c1-2-26-20(25)13-5-3-6-14(11-13)23-18(24)12-27-17-9-8-16(21)15-7-4-10-22-19(15)17/h3-11H,2,12H2,1H3,(H,23,24). The first-order valence-corrected chi connectivity index (χ1v) is 8.69. The molecule has 2 aromatic carbocycles. The predicted octanol–water partition coefficient (Wildman–Crippen LogP) is 4.08. The Morgan fingerprint density at radius 2 is 2.00 bits per heavy atom. The van der Waals surface area contributed by atoms with Crippen molar-refractivity contribution in [1.82, 2.24) is 4.98 Å². The van der Waals surface area contributed by atoms with Crippen LogP contribution in [0.2, 0.25) is 5.02 Å². The fourth-order valence-electron chi connectivity index (χ4n) is 2.51. The fraction of sp³-hybridized carbons (Fsp3) is 0.150. The number of anilines is 1. The number of amides is 1. The van der Waals surface area contributed by atoms with Crippen molar-refractivity contribution >= 4 is 40.1 Å². The van der Waals surface area contributed by atoms with E-state index in [9.17, 15) is 9.59 Å². The van der Waals surface area contributed by atoms with Crippen LogP contribution >= 0.6 is 11.6 Å². The van der Waals surface area contributed by atoms with E-state index in [2.05, 4.69) is 10.3 Å². The van der Waals surface area contributed by atoms with Gasteiger partial charge in [-0.25, -0.2) is 4.79 Å². The van der Waals surface area contributed by atoms with Crippen LogP contribution in [0.15, 0.2) is 54.7 Å². The van der Waals surface area contributed by atoms with E-state index in [4.69, 9.17) is 21.1 Å². The highest BCUT2D eigenvalue weighted by Crippen LogP contribution is 2.29. The minimum atomic E-state index is -0.441. The van der Waals surface area contributed by atoms with Crippen molar-refractivity contribution in [3.8, 4) is 5.75 Å². The third-order valence-corrected chi connectivity index (χ3v) is 4.03. The maximum atomic E-state index is 12.2. The first kappa shape index (κ1) is 18.7. The summed E-state index contributed by atoms with van der Waals surface area (Å²) in [6.45, 7) is 1.81. The van der Waals surface area contributed by atoms with Gasteiger partial charge >= 0.3 is 5.97 Å². The van der Waals surface area contributed by atoms with Gasteiger partial charge in [-0.1, -0.05) is 17.7 Å². The molecular formula is C20H17ClN2O4. The number of halogens is 1. The van der Waals surface area contributed by atoms with Gasteiger partial charge in [-0.05, 0) is 49.4 Å². The minimum Gasteiger partial charge on any atom is -0.481 e. The molecule has 27 heavy (non-hydrogen) atoms. The van der Waals surface area contributed by atoms with Crippen LogP contribution < -0.4 is 10.1 Å². The summed E-state index contributed by atoms with van der Waals surface area (Å²) in [6, 6.07) is 13.5. The van der Waals surface area contributed by atoms with Crippen molar-refractivity contribution in [2.75, 3.05) is 18.5 Å². The van der Waals surface area contributed by atoms with Gasteiger partial charge in [0.05, 0.1) is 17.2 Å². The van der Waals surface area contributed by atoms with Gasteiger partial charge < -0.3 is 14.8 Å². The van der Waals surface area contributed by atoms with E-state index >= 15 is 0 Å². The van der Waals surface area contributed by atoms with Gasteiger partial charge in [0.15, 0.2) is 6.61 Å². The van der Waals surface area contributed by atoms with E-state index in [1.54, 1.807) is 55.6 Å². The number of rotatable bonds is 6. The number of hydrogen-bond acceptors (Lipinski definition) is 5. The van der Waals surface area contributed by atoms with Crippen LogP contribution in [0.3, 0.4) is 0 Å². The molecule has 0 bridgehead atoms. The Morgan fingerprint density at radius 1 is 1.15 bits per heavy atom. The van der Waals surface area contributed by atoms with Crippen LogP contribution in [0.4, 0.5) is 5.69 Å². The Morgan fingerprint density at radius 3 is 2.81 bits per heavy atom. The third-order valence-electron chi connectivity index (χ3n) is 3.70. The molecule has 0 fully saturated rings. The molecule has 3 aromatic rings. The smallest absolute Gasteiger partial charge is 0.338 e. The minimum absolute atomic E-state index is 0.211. The lowest BCUT2D eigenvalue weighted by molar-refractivity contribution is -0.118. The second-order valence-corrected chi connectivity index (χ2v) is 5.99. The Hall–Kier alpha value is -3.12. The van der Waals surface area contributed by atoms with Crippen LogP contribution in [0, 0.1) is 0 Å². The summed E-state index contributed by atoms with van der Waals surface area (Å²) in [5.41, 5.74) is 1.43. The number of pyridine rings is 1. The highest BCUT2D eigenvalue weighted by Gasteiger charge is 2.11. The fourth-order valence-corrected chi connectivity index (χ4v) is 2.72. The van der Waals surface area contributed by atoms with Crippen LogP contribution in [0.5, 0.6) is 5.75 Å². The Kier molecular flexibility index (Phi) is 5.88. The van der Waals surface area contributed by atoms with E-state index in [0.29, 0.717) is 27.5 Å². The number of nitrogens with one attached hydrogen (secondary N) is 1. The zero-order chi connectivity index (χ0) is 19.2. The van der Waals surface area contributed by atoms with Gasteiger partial charge in [-0.3, -0.25) is 9.78 Å². The molecule has 0 radical (unpaired) electrons. The van der Waals surface area contributed by atoms with Crippen LogP contribution in [0.25, 0.3) is 10.9 Å². The molecule has 0 aliphatic carbocycles. The van der Waals surface area contributed by atoms with Crippen molar-refractivity contribution in [1.29, 1.82) is 0 Å². The van der Waals surface area contributed by atoms with Gasteiger partial charge in [0.1, 0.15) is 11.3 Å². The summed E-state index contributed by atoms with van der Waals surface area (Å²) >= 11 is 6.15. The van der Waals surface area contributed by atoms with Crippen LogP contribution in [-0.2, 0) is 9.53 Å². The molecule has 0 spiro atoms. The molecule has 0 aliphatic rings. The monoisotopic (exact) mass is 384 g/mol. The zero-order valence-electron chi connectivity index (χ0n) is 14.6. The summed E-state index contributed by atoms with van der Waals surface area (Å²) in [4.78, 5) is 28.2. The van der Waals surface area contributed by atoms with E-state index in [1.807, 2.05) is 6.07 Å². The van der Waals surface area contributed by atoms with Crippen molar-refractivity contribution in [2.45, 2.75) is 6.92 Å². The molecule has 0 atom stereocenters. The molecule has 0 saturated carbocycles. The van der Waals surface area contributed by atoms with Crippen molar-refractivity contribution in [3.05, 3.63) is 65.3 Å². The molecule has 0 saturated heterocycles. The molecular weight excluding hydrogens is 368 g/mol. The van der Waals surface area contributed by atoms with Crippen LogP contribution in [0.1, 0.15) is 17.3 Å². The average Bonchev–Trinajstić information content (AvgIpc) is 2.68. The summed E-state index contributed by atoms with van der Waals surface area (Å²) in [6.07, 6.45) is 1.63. The van der Waals surface area contributed by atoms with Crippen LogP contribution in [-0.4, -0.2) is 30.1 Å². The molecule has 6 nitrogen and oxygen atoms in total. The van der Waals surface area contributed by atoms with Gasteiger partial charge in [0, 0.05) is 17.3 Å². The molecule has 138 valence electrons. The van der Waals surface area contributed by atoms with E-state index in [-0.39, 0.29) is 19.1 Å². The molecule has 0 aliphatic heterocycles. The summed E-state index contributed by atoms with van der Waals surface area (Å²) in [5.74, 6) is -0.343. The van der Waals surface area contributed by atoms with Gasteiger partial charge in [0.25, 0.3) is 5.91 Å². The number of aromatic nitrogens is 1. The summed E-state index contributed by atoms with van der Waals surface area (Å²) < 4.78 is 10.5. The van der Waals surface area contributed by atoms with Crippen molar-refractivity contribution in [3.63, 3.8) is 0 Å². The third kappa shape index (κ3) is 4.54. The molecule has 1 N–H and O–H groups in total. The number of hydrogen-bond donors (Lipinski definition) is 1. The highest BCUT2D eigenvalue weighted by molar-refractivity contribution is 6.35. The number of nitrogens with zero attached hydrogens (tertiary/aromatic N) is 1. The Labute approximate surface area is 161 Å². The number of benzene rings is 2. The molecule has 7 heteroatoms. The highest BCUT2D eigenvalue weighted by atomic mass is 35.5. The maximum absolute atomic E-state index is 12.2. The summed E-state index contributed by atoms with van der Waals surface area (Å²) in [5, 5.41) is 4.00. The molecule has 1 amide bonds. The number of fused-ring (bicyclic) bond motifs is 1. The summed E-state index contributed by atoms with van der Waals surface area (Å²) in [7, 11) is 0. The lowest BCUT2D eigenvalue weighted by atomic mass is 10.2. The van der Waals surface area contributed by atoms with E-state index < -0.39 is 5.97 Å². The second kappa shape index (κ2) is 8.51. The van der Waals surface area contributed by atoms with Crippen molar-refractivity contribution < 1.29 is 19.1 Å². The first-order valence-electron chi connectivity index (χ1n) is 8.31. The molecule has 1 heterocycles. The first-order chi connectivity index (χ1) is 13.1. The average molecular weight is 385 g/mol. The lowest BCUT2D eigenvalue weighted by Gasteiger charge is -2.10. The lowest BCUT2D eigenvalue weighted by Crippen LogP contribution is -2.20. The van der Waals surface area contributed by atoms with Crippen molar-refractivity contribution in [2.24, 2.45) is 0 Å². The largest absolute Gasteiger partial charge is 0.481 e. The number of esters is 1. The quantitative estimate of drug-likeness (QED) is 0.648. The van der Waals surface area contributed by atoms with E-state index in [1.165, 1.54) is 0 Å². The number of carbonyl (C=O) groups is 2. The topological polar surface area (TPSA) is 77.5 Å². The maximum Gasteiger partial charge on any atom is 0.338 e. The Balaban J connectivity index is 1.67. The predicted molar refractivity (Wildman–Crippen MR) is 103 cm³/mol. The van der Waals surface area contributed by atoms with E-state index in [0.717, 1.165) is 5.39 Å². The molecule has 3 rings (SSSR count). The second-order valence-electron chi connectivity index (χ2n) is 5.58. The number of ether oxygens (including phenoxy) is 2. The normalized spacial score (nSPS) is 10.4. The van der Waals surface area contributed by atoms with Gasteiger partial charge in [0.2, 0.25) is 0 Å². The molecule has 0 unspecified atom stereocenters. The zero-order valence-corrected chi connectivity index (χ0v) is 15.3.